The number of ether oxygens (including phenoxy) is 1. The van der Waals surface area contributed by atoms with Crippen molar-refractivity contribution in [1.29, 1.82) is 0 Å². The molecule has 0 aromatic heterocycles. The molecule has 2 rings (SSSR count). The molecule has 0 saturated carbocycles. The first-order chi connectivity index (χ1) is 10.7. The second-order valence-corrected chi connectivity index (χ2v) is 6.85. The molecule has 1 aliphatic heterocycles. The summed E-state index contributed by atoms with van der Waals surface area (Å²) >= 11 is 0. The summed E-state index contributed by atoms with van der Waals surface area (Å²) in [5.41, 5.74) is -0.689. The molecule has 23 heavy (non-hydrogen) atoms. The molecule has 0 aliphatic carbocycles. The van der Waals surface area contributed by atoms with Crippen molar-refractivity contribution in [2.75, 3.05) is 7.11 Å². The molecule has 1 aromatic rings. The van der Waals surface area contributed by atoms with Gasteiger partial charge in [0.1, 0.15) is 5.76 Å². The Bertz CT molecular complexity index is 657. The summed E-state index contributed by atoms with van der Waals surface area (Å²) in [4.78, 5) is 24.4. The standard InChI is InChI=1S/C18H23NO4/c1-11-14(20)13(16(22)23-5)15(21)19-18(11,17(2,3)4)12-9-7-6-8-10-12/h6-11,20H,1-5H3,(H,19,21). The molecule has 5 heteroatoms. The highest BCUT2D eigenvalue weighted by Crippen LogP contribution is 2.49. The van der Waals surface area contributed by atoms with Gasteiger partial charge in [0, 0.05) is 5.92 Å². The minimum absolute atomic E-state index is 0.237. The molecule has 2 atom stereocenters. The summed E-state index contributed by atoms with van der Waals surface area (Å²) < 4.78 is 4.62. The van der Waals surface area contributed by atoms with E-state index in [1.165, 1.54) is 7.11 Å². The third-order valence-electron chi connectivity index (χ3n) is 4.66. The van der Waals surface area contributed by atoms with Gasteiger partial charge in [-0.2, -0.15) is 0 Å². The Hall–Kier alpha value is -2.30. The third-order valence-corrected chi connectivity index (χ3v) is 4.66. The van der Waals surface area contributed by atoms with Crippen molar-refractivity contribution in [3.05, 3.63) is 47.2 Å². The van der Waals surface area contributed by atoms with E-state index in [1.807, 2.05) is 51.1 Å². The SMILES string of the molecule is COC(=O)C1=C(O)C(C)C(c2ccccc2)(C(C)(C)C)NC1=O. The number of carbonyl (C=O) groups excluding carboxylic acids is 2. The van der Waals surface area contributed by atoms with E-state index in [0.29, 0.717) is 0 Å². The molecule has 0 radical (unpaired) electrons. The van der Waals surface area contributed by atoms with Gasteiger partial charge in [0.05, 0.1) is 12.6 Å². The van der Waals surface area contributed by atoms with Crippen molar-refractivity contribution in [2.24, 2.45) is 11.3 Å². The molecule has 2 unspecified atom stereocenters. The highest BCUT2D eigenvalue weighted by atomic mass is 16.5. The van der Waals surface area contributed by atoms with Gasteiger partial charge in [-0.05, 0) is 11.0 Å². The molecule has 124 valence electrons. The number of methoxy groups -OCH3 is 1. The smallest absolute Gasteiger partial charge is 0.346 e. The Balaban J connectivity index is 2.71. The minimum Gasteiger partial charge on any atom is -0.511 e. The molecule has 1 heterocycles. The fourth-order valence-electron chi connectivity index (χ4n) is 3.48. The maximum Gasteiger partial charge on any atom is 0.346 e. The lowest BCUT2D eigenvalue weighted by molar-refractivity contribution is -0.140. The summed E-state index contributed by atoms with van der Waals surface area (Å²) in [7, 11) is 1.18. The number of esters is 1. The van der Waals surface area contributed by atoms with Crippen molar-refractivity contribution in [2.45, 2.75) is 33.2 Å². The summed E-state index contributed by atoms with van der Waals surface area (Å²) in [5, 5.41) is 13.6. The Kier molecular flexibility index (Phi) is 4.24. The molecule has 0 saturated heterocycles. The predicted octanol–water partition coefficient (Wildman–Crippen LogP) is 2.68. The van der Waals surface area contributed by atoms with Gasteiger partial charge in [-0.15, -0.1) is 0 Å². The van der Waals surface area contributed by atoms with Crippen molar-refractivity contribution in [3.63, 3.8) is 0 Å². The van der Waals surface area contributed by atoms with Crippen LogP contribution in [-0.2, 0) is 19.9 Å². The molecule has 0 bridgehead atoms. The molecule has 1 aromatic carbocycles. The Morgan fingerprint density at radius 2 is 1.83 bits per heavy atom. The van der Waals surface area contributed by atoms with Gasteiger partial charge in [0.2, 0.25) is 0 Å². The van der Waals surface area contributed by atoms with E-state index in [2.05, 4.69) is 10.1 Å². The van der Waals surface area contributed by atoms with Crippen LogP contribution in [0.25, 0.3) is 0 Å². The monoisotopic (exact) mass is 317 g/mol. The summed E-state index contributed by atoms with van der Waals surface area (Å²) in [5.74, 6) is -2.18. The number of nitrogens with one attached hydrogen (secondary N) is 1. The second-order valence-electron chi connectivity index (χ2n) is 6.85. The lowest BCUT2D eigenvalue weighted by Gasteiger charge is -2.51. The van der Waals surface area contributed by atoms with Gasteiger partial charge in [-0.25, -0.2) is 4.79 Å². The normalized spacial score (nSPS) is 25.1. The zero-order valence-corrected chi connectivity index (χ0v) is 14.1. The van der Waals surface area contributed by atoms with Crippen LogP contribution in [-0.4, -0.2) is 24.1 Å². The molecule has 1 amide bonds. The number of aliphatic hydroxyl groups is 1. The first-order valence-electron chi connectivity index (χ1n) is 7.56. The third kappa shape index (κ3) is 2.50. The van der Waals surface area contributed by atoms with Gasteiger partial charge in [0.15, 0.2) is 5.57 Å². The van der Waals surface area contributed by atoms with E-state index in [9.17, 15) is 14.7 Å². The first kappa shape index (κ1) is 17.1. The quantitative estimate of drug-likeness (QED) is 0.649. The van der Waals surface area contributed by atoms with Crippen LogP contribution in [0.2, 0.25) is 0 Å². The summed E-state index contributed by atoms with van der Waals surface area (Å²) in [6.07, 6.45) is 0. The number of hydrogen-bond acceptors (Lipinski definition) is 4. The molecule has 0 fully saturated rings. The summed E-state index contributed by atoms with van der Waals surface area (Å²) in [6, 6.07) is 9.50. The molecule has 2 N–H and O–H groups in total. The lowest BCUT2D eigenvalue weighted by atomic mass is 9.60. The van der Waals surface area contributed by atoms with Crippen LogP contribution in [0.5, 0.6) is 0 Å². The number of amides is 1. The van der Waals surface area contributed by atoms with Gasteiger partial charge in [-0.3, -0.25) is 4.79 Å². The molecular formula is C18H23NO4. The zero-order valence-electron chi connectivity index (χ0n) is 14.1. The highest BCUT2D eigenvalue weighted by Gasteiger charge is 2.54. The van der Waals surface area contributed by atoms with Crippen LogP contribution in [0.15, 0.2) is 41.7 Å². The van der Waals surface area contributed by atoms with Gasteiger partial charge >= 0.3 is 5.97 Å². The highest BCUT2D eigenvalue weighted by molar-refractivity contribution is 6.17. The Labute approximate surface area is 136 Å². The molecule has 0 spiro atoms. The number of carbonyl (C=O) groups is 2. The second kappa shape index (κ2) is 5.72. The first-order valence-corrected chi connectivity index (χ1v) is 7.56. The van der Waals surface area contributed by atoms with Crippen LogP contribution >= 0.6 is 0 Å². The molecule has 1 aliphatic rings. The van der Waals surface area contributed by atoms with E-state index >= 15 is 0 Å². The average Bonchev–Trinajstić information content (AvgIpc) is 2.50. The number of rotatable bonds is 2. The largest absolute Gasteiger partial charge is 0.511 e. The van der Waals surface area contributed by atoms with Crippen LogP contribution < -0.4 is 5.32 Å². The van der Waals surface area contributed by atoms with Crippen LogP contribution in [0, 0.1) is 11.3 Å². The Morgan fingerprint density at radius 1 is 1.26 bits per heavy atom. The summed E-state index contributed by atoms with van der Waals surface area (Å²) in [6.45, 7) is 7.78. The fraction of sp³-hybridized carbons (Fsp3) is 0.444. The fourth-order valence-corrected chi connectivity index (χ4v) is 3.48. The topological polar surface area (TPSA) is 75.6 Å². The zero-order chi connectivity index (χ0) is 17.4. The number of benzene rings is 1. The predicted molar refractivity (Wildman–Crippen MR) is 86.6 cm³/mol. The van der Waals surface area contributed by atoms with Gasteiger partial charge < -0.3 is 15.2 Å². The van der Waals surface area contributed by atoms with E-state index in [1.54, 1.807) is 6.92 Å². The average molecular weight is 317 g/mol. The minimum atomic E-state index is -0.840. The maximum absolute atomic E-state index is 12.6. The van der Waals surface area contributed by atoms with Crippen LogP contribution in [0.3, 0.4) is 0 Å². The van der Waals surface area contributed by atoms with Crippen molar-refractivity contribution in [3.8, 4) is 0 Å². The molecule has 5 nitrogen and oxygen atoms in total. The van der Waals surface area contributed by atoms with E-state index in [-0.39, 0.29) is 11.3 Å². The number of aliphatic hydroxyl groups excluding tert-OH is 1. The van der Waals surface area contributed by atoms with Crippen molar-refractivity contribution < 1.29 is 19.4 Å². The van der Waals surface area contributed by atoms with E-state index in [0.717, 1.165) is 5.56 Å². The molecular weight excluding hydrogens is 294 g/mol. The van der Waals surface area contributed by atoms with Gasteiger partial charge in [-0.1, -0.05) is 58.0 Å². The Morgan fingerprint density at radius 3 is 2.30 bits per heavy atom. The van der Waals surface area contributed by atoms with Crippen molar-refractivity contribution >= 4 is 11.9 Å². The van der Waals surface area contributed by atoms with Crippen molar-refractivity contribution in [1.82, 2.24) is 5.32 Å². The number of hydrogen-bond donors (Lipinski definition) is 2. The van der Waals surface area contributed by atoms with E-state index < -0.39 is 28.7 Å². The van der Waals surface area contributed by atoms with Crippen LogP contribution in [0.1, 0.15) is 33.3 Å². The van der Waals surface area contributed by atoms with E-state index in [4.69, 9.17) is 0 Å². The van der Waals surface area contributed by atoms with Gasteiger partial charge in [0.25, 0.3) is 5.91 Å². The lowest BCUT2D eigenvalue weighted by Crippen LogP contribution is -2.62. The van der Waals surface area contributed by atoms with Crippen LogP contribution in [0.4, 0.5) is 0 Å². The maximum atomic E-state index is 12.6.